The molecule has 2 aromatic rings. The van der Waals surface area contributed by atoms with Crippen molar-refractivity contribution in [2.45, 2.75) is 78.7 Å². The number of nitrogens with zero attached hydrogens (tertiary/aromatic N) is 2. The van der Waals surface area contributed by atoms with E-state index in [9.17, 15) is 32.7 Å². The van der Waals surface area contributed by atoms with Gasteiger partial charge in [0.15, 0.2) is 6.73 Å². The van der Waals surface area contributed by atoms with Crippen molar-refractivity contribution in [2.24, 2.45) is 0 Å². The van der Waals surface area contributed by atoms with E-state index in [0.29, 0.717) is 41.1 Å². The minimum absolute atomic E-state index is 0.0105. The number of ether oxygens (including phenoxy) is 3. The van der Waals surface area contributed by atoms with Gasteiger partial charge in [0.1, 0.15) is 5.75 Å². The highest BCUT2D eigenvalue weighted by atomic mass is 32.2. The van der Waals surface area contributed by atoms with E-state index in [0.717, 1.165) is 11.3 Å². The van der Waals surface area contributed by atoms with E-state index in [-0.39, 0.29) is 37.5 Å². The molecule has 1 saturated heterocycles. The van der Waals surface area contributed by atoms with Crippen LogP contribution in [0, 0.1) is 0 Å². The van der Waals surface area contributed by atoms with Gasteiger partial charge in [-0.05, 0) is 48.1 Å². The molecule has 4 amide bonds. The second kappa shape index (κ2) is 18.9. The number of benzene rings is 2. The maximum Gasteiger partial charge on any atom is 0.333 e. The van der Waals surface area contributed by atoms with Gasteiger partial charge in [-0.15, -0.1) is 0 Å². The lowest BCUT2D eigenvalue weighted by atomic mass is 9.84. The number of methoxy groups -OCH3 is 2. The van der Waals surface area contributed by atoms with Crippen LogP contribution in [0.2, 0.25) is 0 Å². The molecular formula is C33H45N4O10S-. The fraction of sp³-hybridized carbons (Fsp3) is 0.485. The van der Waals surface area contributed by atoms with Crippen LogP contribution in [0.25, 0.3) is 0 Å². The Kier molecular flexibility index (Phi) is 15.7. The van der Waals surface area contributed by atoms with Gasteiger partial charge in [0.05, 0.1) is 19.8 Å². The Labute approximate surface area is 283 Å². The van der Waals surface area contributed by atoms with Gasteiger partial charge in [0.25, 0.3) is 5.91 Å². The minimum Gasteiger partial charge on any atom is -0.760 e. The Hall–Kier alpha value is -4.34. The number of hydrogen-bond acceptors (Lipinski definition) is 10. The van der Waals surface area contributed by atoms with Crippen LogP contribution in [-0.4, -0.2) is 70.9 Å². The predicted octanol–water partition coefficient (Wildman–Crippen LogP) is 4.55. The van der Waals surface area contributed by atoms with Gasteiger partial charge in [-0.3, -0.25) is 28.3 Å². The van der Waals surface area contributed by atoms with E-state index < -0.39 is 47.2 Å². The monoisotopic (exact) mass is 689 g/mol. The van der Waals surface area contributed by atoms with Crippen molar-refractivity contribution in [3.8, 4) is 5.75 Å². The van der Waals surface area contributed by atoms with Crippen molar-refractivity contribution in [2.75, 3.05) is 37.7 Å². The van der Waals surface area contributed by atoms with E-state index in [4.69, 9.17) is 9.47 Å². The van der Waals surface area contributed by atoms with Crippen molar-refractivity contribution >= 4 is 52.4 Å². The Morgan fingerprint density at radius 1 is 0.979 bits per heavy atom. The number of anilines is 2. The zero-order valence-corrected chi connectivity index (χ0v) is 29.3. The molecule has 15 heteroatoms. The van der Waals surface area contributed by atoms with Crippen LogP contribution in [0.3, 0.4) is 0 Å². The number of urea groups is 1. The molecule has 0 aromatic heterocycles. The van der Waals surface area contributed by atoms with Gasteiger partial charge in [-0.1, -0.05) is 46.8 Å². The van der Waals surface area contributed by atoms with Crippen molar-refractivity contribution in [3.63, 3.8) is 0 Å². The third-order valence-electron chi connectivity index (χ3n) is 7.05. The number of carbonyl (C=O) groups excluding carboxylic acids is 5. The van der Waals surface area contributed by atoms with E-state index in [1.54, 1.807) is 30.3 Å². The molecule has 1 aliphatic heterocycles. The van der Waals surface area contributed by atoms with E-state index in [2.05, 4.69) is 14.8 Å². The molecule has 1 atom stereocenters. The van der Waals surface area contributed by atoms with Gasteiger partial charge < -0.3 is 24.1 Å². The van der Waals surface area contributed by atoms with Crippen LogP contribution >= 0.6 is 0 Å². The number of rotatable bonds is 13. The van der Waals surface area contributed by atoms with Gasteiger partial charge in [0.2, 0.25) is 5.91 Å². The summed E-state index contributed by atoms with van der Waals surface area (Å²) < 4.78 is 38.9. The first-order valence-corrected chi connectivity index (χ1v) is 16.5. The smallest absolute Gasteiger partial charge is 0.333 e. The van der Waals surface area contributed by atoms with Crippen LogP contribution < -0.4 is 19.7 Å². The standard InChI is InChI=1S/C28H36N4O8S.C5H10O2/c1-6-7-24(34)40-17-32-23(33)12-13-31(27(32)36)20-14-21(25(39-5)22(15-20)28(2,3)4)26(35)30-19-10-8-18(9-11-19)16-29-41(37)38;1-3-4-5(6)7-2/h8-11,14-15,29H,6-7,12-13,16-17H2,1-5H3,(H,30,35)(H,37,38);3-4H2,1-2H3/p-1. The summed E-state index contributed by atoms with van der Waals surface area (Å²) in [5.74, 6) is -1.25. The largest absolute Gasteiger partial charge is 0.760 e. The Bertz CT molecular complexity index is 1470. The van der Waals surface area contributed by atoms with E-state index >= 15 is 0 Å². The number of amides is 4. The predicted molar refractivity (Wildman–Crippen MR) is 179 cm³/mol. The maximum absolute atomic E-state index is 13.5. The molecule has 14 nitrogen and oxygen atoms in total. The normalized spacial score (nSPS) is 13.7. The van der Waals surface area contributed by atoms with Gasteiger partial charge >= 0.3 is 18.0 Å². The first kappa shape index (κ1) is 39.8. The first-order chi connectivity index (χ1) is 22.7. The molecule has 1 heterocycles. The molecular weight excluding hydrogens is 644 g/mol. The summed E-state index contributed by atoms with van der Waals surface area (Å²) in [4.78, 5) is 63.7. The quantitative estimate of drug-likeness (QED) is 0.224. The number of hydrogen-bond donors (Lipinski definition) is 2. The second-order valence-corrected chi connectivity index (χ2v) is 12.5. The highest BCUT2D eigenvalue weighted by Gasteiger charge is 2.35. The molecule has 2 N–H and O–H groups in total. The number of nitrogens with one attached hydrogen (secondary N) is 2. The summed E-state index contributed by atoms with van der Waals surface area (Å²) >= 11 is -2.39. The molecule has 0 aliphatic carbocycles. The van der Waals surface area contributed by atoms with Crippen LogP contribution in [0.15, 0.2) is 36.4 Å². The maximum atomic E-state index is 13.5. The molecule has 1 unspecified atom stereocenters. The van der Waals surface area contributed by atoms with Crippen LogP contribution in [0.1, 0.15) is 88.2 Å². The highest BCUT2D eigenvalue weighted by Crippen LogP contribution is 2.39. The summed E-state index contributed by atoms with van der Waals surface area (Å²) in [6, 6.07) is 9.25. The molecule has 0 spiro atoms. The van der Waals surface area contributed by atoms with Crippen LogP contribution in [0.5, 0.6) is 5.75 Å². The molecule has 264 valence electrons. The SMILES string of the molecule is CCCC(=O)OC.CCCC(=O)OCN1C(=O)CCN(c2cc(C(=O)Nc3ccc(CNS(=O)[O-])cc3)c(OC)c(C(C)(C)C)c2)C1=O. The average molecular weight is 690 g/mol. The fourth-order valence-electron chi connectivity index (χ4n) is 4.54. The van der Waals surface area contributed by atoms with Gasteiger partial charge in [-0.2, -0.15) is 0 Å². The third kappa shape index (κ3) is 11.7. The summed E-state index contributed by atoms with van der Waals surface area (Å²) in [7, 11) is 2.86. The first-order valence-electron chi connectivity index (χ1n) is 15.5. The fourth-order valence-corrected chi connectivity index (χ4v) is 4.82. The highest BCUT2D eigenvalue weighted by molar-refractivity contribution is 7.77. The van der Waals surface area contributed by atoms with E-state index in [1.165, 1.54) is 25.2 Å². The summed E-state index contributed by atoms with van der Waals surface area (Å²) in [6.45, 7) is 9.29. The molecule has 0 saturated carbocycles. The van der Waals surface area contributed by atoms with E-state index in [1.807, 2.05) is 34.6 Å². The van der Waals surface area contributed by atoms with Crippen LogP contribution in [-0.2, 0) is 47.1 Å². The van der Waals surface area contributed by atoms with Crippen molar-refractivity contribution in [1.29, 1.82) is 0 Å². The molecule has 1 fully saturated rings. The minimum atomic E-state index is -2.39. The third-order valence-corrected chi connectivity index (χ3v) is 7.43. The zero-order chi connectivity index (χ0) is 36.0. The summed E-state index contributed by atoms with van der Waals surface area (Å²) in [5.41, 5.74) is 1.90. The molecule has 3 rings (SSSR count). The van der Waals surface area contributed by atoms with Gasteiger partial charge in [0, 0.05) is 60.6 Å². The lowest BCUT2D eigenvalue weighted by Gasteiger charge is -2.35. The topological polar surface area (TPSA) is 184 Å². The summed E-state index contributed by atoms with van der Waals surface area (Å²) in [5, 5.41) is 2.82. The number of carbonyl (C=O) groups is 5. The average Bonchev–Trinajstić information content (AvgIpc) is 3.03. The van der Waals surface area contributed by atoms with Crippen molar-refractivity contribution in [1.82, 2.24) is 9.62 Å². The lowest BCUT2D eigenvalue weighted by molar-refractivity contribution is -0.150. The lowest BCUT2D eigenvalue weighted by Crippen LogP contribution is -2.53. The van der Waals surface area contributed by atoms with Crippen molar-refractivity contribution in [3.05, 3.63) is 53.1 Å². The Morgan fingerprint density at radius 3 is 2.12 bits per heavy atom. The van der Waals surface area contributed by atoms with Gasteiger partial charge in [-0.25, -0.2) is 14.4 Å². The molecule has 0 bridgehead atoms. The number of esters is 2. The molecule has 2 aromatic carbocycles. The van der Waals surface area contributed by atoms with Crippen molar-refractivity contribution < 1.29 is 46.9 Å². The number of imide groups is 1. The molecule has 1 aliphatic rings. The van der Waals surface area contributed by atoms with Crippen LogP contribution in [0.4, 0.5) is 16.2 Å². The molecule has 48 heavy (non-hydrogen) atoms. The summed E-state index contributed by atoms with van der Waals surface area (Å²) in [6.07, 6.45) is 2.16. The Morgan fingerprint density at radius 2 is 1.60 bits per heavy atom. The second-order valence-electron chi connectivity index (χ2n) is 11.8. The molecule has 0 radical (unpaired) electrons. The zero-order valence-electron chi connectivity index (χ0n) is 28.5. The Balaban J connectivity index is 0.00000103.